The lowest BCUT2D eigenvalue weighted by Crippen LogP contribution is -2.59. The molecular formula is C10H4F9. The van der Waals surface area contributed by atoms with Crippen molar-refractivity contribution in [2.24, 2.45) is 0 Å². The van der Waals surface area contributed by atoms with E-state index >= 15 is 0 Å². The smallest absolute Gasteiger partial charge is 0.194 e. The van der Waals surface area contributed by atoms with E-state index in [0.717, 1.165) is 12.1 Å². The van der Waals surface area contributed by atoms with E-state index in [9.17, 15) is 39.5 Å². The van der Waals surface area contributed by atoms with Gasteiger partial charge in [0, 0.05) is 5.56 Å². The van der Waals surface area contributed by atoms with Crippen LogP contribution in [0.3, 0.4) is 0 Å². The van der Waals surface area contributed by atoms with E-state index in [1.165, 1.54) is 0 Å². The molecule has 1 aromatic rings. The van der Waals surface area contributed by atoms with E-state index < -0.39 is 29.5 Å². The Morgan fingerprint density at radius 3 is 1.68 bits per heavy atom. The highest BCUT2D eigenvalue weighted by Gasteiger charge is 2.81. The molecule has 0 saturated heterocycles. The van der Waals surface area contributed by atoms with Crippen LogP contribution in [-0.2, 0) is 5.92 Å². The molecule has 0 spiro atoms. The van der Waals surface area contributed by atoms with Gasteiger partial charge in [0.1, 0.15) is 0 Å². The van der Waals surface area contributed by atoms with Gasteiger partial charge < -0.3 is 0 Å². The summed E-state index contributed by atoms with van der Waals surface area (Å²) < 4.78 is 113. The normalized spacial score (nSPS) is 14.6. The fraction of sp³-hybridized carbons (Fsp3) is 0.400. The molecule has 0 saturated carbocycles. The predicted molar refractivity (Wildman–Crippen MR) is 45.1 cm³/mol. The van der Waals surface area contributed by atoms with E-state index in [1.807, 2.05) is 6.07 Å². The maximum absolute atomic E-state index is 13.2. The Labute approximate surface area is 100 Å². The number of benzene rings is 1. The molecule has 0 atom stereocenters. The van der Waals surface area contributed by atoms with Crippen molar-refractivity contribution >= 4 is 0 Å². The highest BCUT2D eigenvalue weighted by Crippen LogP contribution is 2.56. The van der Waals surface area contributed by atoms with Crippen molar-refractivity contribution in [3.8, 4) is 0 Å². The zero-order valence-electron chi connectivity index (χ0n) is 8.71. The van der Waals surface area contributed by atoms with Gasteiger partial charge in [0.05, 0.1) is 0 Å². The minimum Gasteiger partial charge on any atom is -0.194 e. The Kier molecular flexibility index (Phi) is 3.55. The first-order chi connectivity index (χ1) is 8.36. The molecule has 1 radical (unpaired) electrons. The number of halogens is 9. The van der Waals surface area contributed by atoms with Crippen LogP contribution in [0.1, 0.15) is 5.56 Å². The molecule has 0 aliphatic carbocycles. The third-order valence-corrected chi connectivity index (χ3v) is 2.21. The molecule has 0 amide bonds. The molecule has 107 valence electrons. The van der Waals surface area contributed by atoms with E-state index in [2.05, 4.69) is 0 Å². The average molecular weight is 295 g/mol. The van der Waals surface area contributed by atoms with Crippen molar-refractivity contribution in [1.29, 1.82) is 0 Å². The Balaban J connectivity index is 3.34. The summed E-state index contributed by atoms with van der Waals surface area (Å²) in [4.78, 5) is 0. The fourth-order valence-electron chi connectivity index (χ4n) is 1.15. The fourth-order valence-corrected chi connectivity index (χ4v) is 1.15. The lowest BCUT2D eigenvalue weighted by Gasteiger charge is -2.33. The summed E-state index contributed by atoms with van der Waals surface area (Å²) in [6, 6.07) is 4.14. The van der Waals surface area contributed by atoms with Crippen molar-refractivity contribution < 1.29 is 39.5 Å². The SMILES string of the molecule is FC(F)(F)C(F)(F)C(F)(F)C(F)(F)c1c[c]ccc1. The third kappa shape index (κ3) is 2.25. The molecule has 1 aromatic carbocycles. The Morgan fingerprint density at radius 2 is 1.32 bits per heavy atom. The monoisotopic (exact) mass is 295 g/mol. The molecule has 0 unspecified atom stereocenters. The van der Waals surface area contributed by atoms with Gasteiger partial charge >= 0.3 is 23.9 Å². The molecule has 0 aromatic heterocycles. The number of rotatable bonds is 3. The topological polar surface area (TPSA) is 0 Å². The molecule has 0 aliphatic rings. The van der Waals surface area contributed by atoms with Crippen molar-refractivity contribution in [1.82, 2.24) is 0 Å². The van der Waals surface area contributed by atoms with Crippen molar-refractivity contribution in [2.45, 2.75) is 23.9 Å². The molecule has 0 nitrogen and oxygen atoms in total. The van der Waals surface area contributed by atoms with Crippen LogP contribution in [-0.4, -0.2) is 18.0 Å². The predicted octanol–water partition coefficient (Wildman–Crippen LogP) is 4.41. The van der Waals surface area contributed by atoms with Gasteiger partial charge in [0.15, 0.2) is 0 Å². The van der Waals surface area contributed by atoms with Gasteiger partial charge in [0.25, 0.3) is 0 Å². The van der Waals surface area contributed by atoms with Crippen LogP contribution in [0.15, 0.2) is 24.3 Å². The van der Waals surface area contributed by atoms with E-state index in [4.69, 9.17) is 0 Å². The highest BCUT2D eigenvalue weighted by molar-refractivity contribution is 5.23. The minimum absolute atomic E-state index is 0.209. The van der Waals surface area contributed by atoms with Crippen LogP contribution in [0.4, 0.5) is 39.5 Å². The summed E-state index contributed by atoms with van der Waals surface area (Å²) in [7, 11) is 0. The second-order valence-electron chi connectivity index (χ2n) is 3.51. The van der Waals surface area contributed by atoms with Gasteiger partial charge in [-0.15, -0.1) is 0 Å². The van der Waals surface area contributed by atoms with Crippen LogP contribution in [0.5, 0.6) is 0 Å². The highest BCUT2D eigenvalue weighted by atomic mass is 19.4. The second-order valence-corrected chi connectivity index (χ2v) is 3.51. The maximum Gasteiger partial charge on any atom is 0.460 e. The Bertz CT molecular complexity index is 432. The van der Waals surface area contributed by atoms with Crippen LogP contribution in [0.25, 0.3) is 0 Å². The van der Waals surface area contributed by atoms with Crippen molar-refractivity contribution in [2.75, 3.05) is 0 Å². The minimum atomic E-state index is -6.88. The van der Waals surface area contributed by atoms with Crippen LogP contribution >= 0.6 is 0 Å². The van der Waals surface area contributed by atoms with Crippen LogP contribution in [0, 0.1) is 6.07 Å². The zero-order chi connectivity index (χ0) is 15.1. The Morgan fingerprint density at radius 1 is 0.789 bits per heavy atom. The van der Waals surface area contributed by atoms with Crippen LogP contribution < -0.4 is 0 Å². The zero-order valence-corrected chi connectivity index (χ0v) is 8.71. The molecule has 0 N–H and O–H groups in total. The number of hydrogen-bond donors (Lipinski definition) is 0. The van der Waals surface area contributed by atoms with E-state index in [-0.39, 0.29) is 6.07 Å². The molecule has 1 rings (SSSR count). The maximum atomic E-state index is 13.2. The summed E-state index contributed by atoms with van der Waals surface area (Å²) in [5.41, 5.74) is -1.69. The summed E-state index contributed by atoms with van der Waals surface area (Å²) in [6.07, 6.45) is -6.81. The number of alkyl halides is 9. The molecule has 0 aliphatic heterocycles. The Hall–Kier alpha value is -1.41. The summed E-state index contributed by atoms with van der Waals surface area (Å²) in [6.45, 7) is 0. The van der Waals surface area contributed by atoms with Crippen molar-refractivity contribution in [3.63, 3.8) is 0 Å². The first-order valence-corrected chi connectivity index (χ1v) is 4.52. The van der Waals surface area contributed by atoms with Gasteiger partial charge in [-0.05, 0) is 12.1 Å². The first-order valence-electron chi connectivity index (χ1n) is 4.52. The van der Waals surface area contributed by atoms with Gasteiger partial charge in [-0.2, -0.15) is 39.5 Å². The molecular weight excluding hydrogens is 291 g/mol. The van der Waals surface area contributed by atoms with Crippen molar-refractivity contribution in [3.05, 3.63) is 35.9 Å². The van der Waals surface area contributed by atoms with Crippen LogP contribution in [0.2, 0.25) is 0 Å². The van der Waals surface area contributed by atoms with Gasteiger partial charge in [-0.1, -0.05) is 18.2 Å². The third-order valence-electron chi connectivity index (χ3n) is 2.21. The summed E-state index contributed by atoms with van der Waals surface area (Å²) >= 11 is 0. The molecule has 9 heteroatoms. The standard InChI is InChI=1S/C10H4F9/c11-7(12,6-4-2-1-3-5-6)8(13,14)9(15,16)10(17,18)19/h1-2,4-5H. The molecule has 19 heavy (non-hydrogen) atoms. The quantitative estimate of drug-likeness (QED) is 0.724. The molecule has 0 heterocycles. The average Bonchev–Trinajstić information content (AvgIpc) is 2.28. The van der Waals surface area contributed by atoms with E-state index in [0.29, 0.717) is 6.07 Å². The molecule has 0 bridgehead atoms. The first kappa shape index (κ1) is 15.6. The lowest BCUT2D eigenvalue weighted by molar-refractivity contribution is -0.399. The van der Waals surface area contributed by atoms with Gasteiger partial charge in [-0.3, -0.25) is 0 Å². The largest absolute Gasteiger partial charge is 0.460 e. The summed E-state index contributed by atoms with van der Waals surface area (Å²) in [5.74, 6) is -19.2. The van der Waals surface area contributed by atoms with Gasteiger partial charge in [-0.25, -0.2) is 0 Å². The summed E-state index contributed by atoms with van der Waals surface area (Å²) in [5, 5.41) is 0. The van der Waals surface area contributed by atoms with Gasteiger partial charge in [0.2, 0.25) is 0 Å². The number of hydrogen-bond acceptors (Lipinski definition) is 0. The second kappa shape index (κ2) is 4.31. The lowest BCUT2D eigenvalue weighted by atomic mass is 9.97. The molecule has 0 fully saturated rings. The van der Waals surface area contributed by atoms with E-state index in [1.54, 1.807) is 0 Å².